The second kappa shape index (κ2) is 5.44. The lowest BCUT2D eigenvalue weighted by Crippen LogP contribution is -2.07. The summed E-state index contributed by atoms with van der Waals surface area (Å²) in [6, 6.07) is 2.66. The van der Waals surface area contributed by atoms with Gasteiger partial charge in [0.1, 0.15) is 0 Å². The molecule has 1 heterocycles. The Morgan fingerprint density at radius 2 is 1.38 bits per heavy atom. The molecular formula is C13H4F6N2. The Labute approximate surface area is 114 Å². The van der Waals surface area contributed by atoms with Gasteiger partial charge in [0.05, 0.1) is 18.1 Å². The maximum Gasteiger partial charge on any atom is 0.221 e. The molecule has 0 N–H and O–H groups in total. The molecule has 0 bridgehead atoms. The molecule has 1 aromatic heterocycles. The highest BCUT2D eigenvalue weighted by atomic mass is 19.2. The van der Waals surface area contributed by atoms with Crippen molar-refractivity contribution in [3.8, 4) is 17.2 Å². The SMILES string of the molecule is N#CCc1ccnc(F)c1-c1c(F)c(F)c(F)c(F)c1F. The third-order valence-corrected chi connectivity index (χ3v) is 2.72. The Balaban J connectivity index is 2.90. The average Bonchev–Trinajstić information content (AvgIpc) is 2.46. The largest absolute Gasteiger partial charge is 0.228 e. The highest BCUT2D eigenvalue weighted by Crippen LogP contribution is 2.34. The van der Waals surface area contributed by atoms with E-state index >= 15 is 0 Å². The van der Waals surface area contributed by atoms with Gasteiger partial charge in [0, 0.05) is 11.8 Å². The van der Waals surface area contributed by atoms with Crippen LogP contribution >= 0.6 is 0 Å². The number of halogens is 6. The molecule has 108 valence electrons. The van der Waals surface area contributed by atoms with Crippen LogP contribution < -0.4 is 0 Å². The number of aromatic nitrogens is 1. The number of hydrogen-bond acceptors (Lipinski definition) is 2. The zero-order valence-electron chi connectivity index (χ0n) is 10.0. The third-order valence-electron chi connectivity index (χ3n) is 2.72. The lowest BCUT2D eigenvalue weighted by Gasteiger charge is -2.11. The zero-order chi connectivity index (χ0) is 15.7. The van der Waals surface area contributed by atoms with Crippen molar-refractivity contribution < 1.29 is 26.3 Å². The predicted octanol–water partition coefficient (Wildman–Crippen LogP) is 3.65. The number of rotatable bonds is 2. The van der Waals surface area contributed by atoms with E-state index in [1.54, 1.807) is 6.07 Å². The van der Waals surface area contributed by atoms with Gasteiger partial charge in [0.2, 0.25) is 11.8 Å². The smallest absolute Gasteiger partial charge is 0.221 e. The summed E-state index contributed by atoms with van der Waals surface area (Å²) in [5.41, 5.74) is -2.61. The molecule has 0 fully saturated rings. The molecule has 0 unspecified atom stereocenters. The summed E-state index contributed by atoms with van der Waals surface area (Å²) in [6.45, 7) is 0. The van der Waals surface area contributed by atoms with Crippen molar-refractivity contribution in [3.05, 3.63) is 52.9 Å². The molecule has 2 rings (SSSR count). The van der Waals surface area contributed by atoms with Gasteiger partial charge in [-0.2, -0.15) is 9.65 Å². The third kappa shape index (κ3) is 2.31. The molecule has 2 nitrogen and oxygen atoms in total. The van der Waals surface area contributed by atoms with Crippen LogP contribution in [0.1, 0.15) is 5.56 Å². The van der Waals surface area contributed by atoms with Gasteiger partial charge in [-0.3, -0.25) is 0 Å². The van der Waals surface area contributed by atoms with Crippen LogP contribution in [-0.4, -0.2) is 4.98 Å². The van der Waals surface area contributed by atoms with Crippen LogP contribution in [0.15, 0.2) is 12.3 Å². The fraction of sp³-hybridized carbons (Fsp3) is 0.0769. The first kappa shape index (κ1) is 14.8. The molecule has 0 aliphatic heterocycles. The maximum atomic E-state index is 13.7. The number of pyridine rings is 1. The van der Waals surface area contributed by atoms with E-state index in [-0.39, 0.29) is 5.56 Å². The van der Waals surface area contributed by atoms with Gasteiger partial charge >= 0.3 is 0 Å². The minimum atomic E-state index is -2.35. The lowest BCUT2D eigenvalue weighted by atomic mass is 9.98. The van der Waals surface area contributed by atoms with Crippen LogP contribution in [-0.2, 0) is 6.42 Å². The van der Waals surface area contributed by atoms with Crippen LogP contribution in [0.2, 0.25) is 0 Å². The van der Waals surface area contributed by atoms with Crippen LogP contribution in [0.25, 0.3) is 11.1 Å². The highest BCUT2D eigenvalue weighted by Gasteiger charge is 2.29. The Hall–Kier alpha value is -2.56. The monoisotopic (exact) mass is 302 g/mol. The molecule has 1 aromatic carbocycles. The highest BCUT2D eigenvalue weighted by molar-refractivity contribution is 5.69. The first-order chi connectivity index (χ1) is 9.90. The van der Waals surface area contributed by atoms with Crippen molar-refractivity contribution in [2.24, 2.45) is 0 Å². The van der Waals surface area contributed by atoms with Gasteiger partial charge in [-0.05, 0) is 11.6 Å². The minimum absolute atomic E-state index is 0.242. The molecule has 8 heteroatoms. The minimum Gasteiger partial charge on any atom is -0.228 e. The van der Waals surface area contributed by atoms with Crippen molar-refractivity contribution >= 4 is 0 Å². The topological polar surface area (TPSA) is 36.7 Å². The summed E-state index contributed by atoms with van der Waals surface area (Å²) in [7, 11) is 0. The Bertz CT molecular complexity index is 737. The lowest BCUT2D eigenvalue weighted by molar-refractivity contribution is 0.380. The van der Waals surface area contributed by atoms with E-state index in [1.807, 2.05) is 0 Å². The van der Waals surface area contributed by atoms with Gasteiger partial charge in [0.25, 0.3) is 0 Å². The summed E-state index contributed by atoms with van der Waals surface area (Å²) < 4.78 is 80.4. The summed E-state index contributed by atoms with van der Waals surface area (Å²) in [4.78, 5) is 3.11. The Morgan fingerprint density at radius 1 is 0.857 bits per heavy atom. The molecule has 0 aliphatic rings. The molecular weight excluding hydrogens is 298 g/mol. The van der Waals surface area contributed by atoms with Crippen LogP contribution in [0, 0.1) is 46.4 Å². The van der Waals surface area contributed by atoms with Crippen molar-refractivity contribution in [3.63, 3.8) is 0 Å². The van der Waals surface area contributed by atoms with E-state index in [1.165, 1.54) is 0 Å². The van der Waals surface area contributed by atoms with Gasteiger partial charge in [-0.15, -0.1) is 0 Å². The first-order valence-electron chi connectivity index (χ1n) is 5.42. The molecule has 0 saturated carbocycles. The fourth-order valence-electron chi connectivity index (χ4n) is 1.79. The Kier molecular flexibility index (Phi) is 3.84. The van der Waals surface area contributed by atoms with E-state index in [0.29, 0.717) is 0 Å². The van der Waals surface area contributed by atoms with Gasteiger partial charge in [0.15, 0.2) is 23.3 Å². The van der Waals surface area contributed by atoms with Gasteiger partial charge < -0.3 is 0 Å². The fourth-order valence-corrected chi connectivity index (χ4v) is 1.79. The number of nitrogens with zero attached hydrogens (tertiary/aromatic N) is 2. The molecule has 21 heavy (non-hydrogen) atoms. The molecule has 2 aromatic rings. The second-order valence-corrected chi connectivity index (χ2v) is 3.92. The van der Waals surface area contributed by atoms with Gasteiger partial charge in [-0.1, -0.05) is 0 Å². The quantitative estimate of drug-likeness (QED) is 0.367. The second-order valence-electron chi connectivity index (χ2n) is 3.92. The molecule has 0 aliphatic carbocycles. The van der Waals surface area contributed by atoms with Crippen molar-refractivity contribution in [1.82, 2.24) is 4.98 Å². The standard InChI is InChI=1S/C13H4F6N2/c14-8-7(9(15)11(17)12(18)10(8)16)6-5(1-3-20)2-4-21-13(6)19/h2,4H,1H2. The van der Waals surface area contributed by atoms with Gasteiger partial charge in [-0.25, -0.2) is 26.9 Å². The number of benzene rings is 1. The van der Waals surface area contributed by atoms with Crippen molar-refractivity contribution in [1.29, 1.82) is 5.26 Å². The normalized spacial score (nSPS) is 10.5. The maximum absolute atomic E-state index is 13.7. The van der Waals surface area contributed by atoms with Crippen LogP contribution in [0.4, 0.5) is 26.3 Å². The molecule has 0 radical (unpaired) electrons. The summed E-state index contributed by atoms with van der Waals surface area (Å²) in [5.74, 6) is -12.6. The number of hydrogen-bond donors (Lipinski definition) is 0. The molecule has 0 saturated heterocycles. The van der Waals surface area contributed by atoms with E-state index in [2.05, 4.69) is 4.98 Å². The average molecular weight is 302 g/mol. The Morgan fingerprint density at radius 3 is 1.90 bits per heavy atom. The van der Waals surface area contributed by atoms with Crippen molar-refractivity contribution in [2.45, 2.75) is 6.42 Å². The van der Waals surface area contributed by atoms with E-state index in [0.717, 1.165) is 12.3 Å². The number of nitriles is 1. The first-order valence-corrected chi connectivity index (χ1v) is 5.42. The van der Waals surface area contributed by atoms with Crippen LogP contribution in [0.5, 0.6) is 0 Å². The molecule has 0 amide bonds. The summed E-state index contributed by atoms with van der Waals surface area (Å²) in [5, 5.41) is 8.59. The summed E-state index contributed by atoms with van der Waals surface area (Å²) in [6.07, 6.45) is 0.422. The van der Waals surface area contributed by atoms with E-state index < -0.39 is 52.6 Å². The van der Waals surface area contributed by atoms with Crippen LogP contribution in [0.3, 0.4) is 0 Å². The molecule has 0 atom stereocenters. The van der Waals surface area contributed by atoms with E-state index in [9.17, 15) is 26.3 Å². The van der Waals surface area contributed by atoms with E-state index in [4.69, 9.17) is 5.26 Å². The van der Waals surface area contributed by atoms with Crippen molar-refractivity contribution in [2.75, 3.05) is 0 Å². The molecule has 0 spiro atoms. The summed E-state index contributed by atoms with van der Waals surface area (Å²) >= 11 is 0. The predicted molar refractivity (Wildman–Crippen MR) is 58.7 cm³/mol. The zero-order valence-corrected chi connectivity index (χ0v) is 10.0.